The van der Waals surface area contributed by atoms with Crippen LogP contribution < -0.4 is 4.74 Å². The number of aryl methyl sites for hydroxylation is 2. The Bertz CT molecular complexity index is 1090. The first-order chi connectivity index (χ1) is 12.6. The molecular formula is C21H19N3O2. The normalized spacial score (nSPS) is 11.0. The molecule has 4 rings (SSSR count). The van der Waals surface area contributed by atoms with Crippen LogP contribution in [0, 0.1) is 13.8 Å². The highest BCUT2D eigenvalue weighted by Gasteiger charge is 2.17. The predicted molar refractivity (Wildman–Crippen MR) is 101 cm³/mol. The topological polar surface area (TPSA) is 61.0 Å². The lowest BCUT2D eigenvalue weighted by Crippen LogP contribution is -1.98. The number of rotatable bonds is 4. The van der Waals surface area contributed by atoms with E-state index in [-0.39, 0.29) is 0 Å². The van der Waals surface area contributed by atoms with Crippen molar-refractivity contribution in [2.75, 3.05) is 6.61 Å². The molecule has 0 aliphatic rings. The molecule has 130 valence electrons. The monoisotopic (exact) mass is 345 g/mol. The molecule has 0 radical (unpaired) electrons. The van der Waals surface area contributed by atoms with Gasteiger partial charge >= 0.3 is 0 Å². The molecule has 0 bridgehead atoms. The molecule has 5 nitrogen and oxygen atoms in total. The average Bonchev–Trinajstić information content (AvgIpc) is 3.11. The lowest BCUT2D eigenvalue weighted by molar-refractivity contribution is 0.329. The van der Waals surface area contributed by atoms with Crippen LogP contribution in [0.5, 0.6) is 5.88 Å². The van der Waals surface area contributed by atoms with Gasteiger partial charge in [0, 0.05) is 10.9 Å². The Kier molecular flexibility index (Phi) is 4.13. The fraction of sp³-hybridized carbons (Fsp3) is 0.190. The maximum atomic E-state index is 5.74. The van der Waals surface area contributed by atoms with Crippen molar-refractivity contribution in [1.29, 1.82) is 0 Å². The third-order valence-electron chi connectivity index (χ3n) is 4.15. The van der Waals surface area contributed by atoms with Gasteiger partial charge in [0.25, 0.3) is 5.89 Å². The highest BCUT2D eigenvalue weighted by Crippen LogP contribution is 2.32. The Labute approximate surface area is 151 Å². The largest absolute Gasteiger partial charge is 0.477 e. The van der Waals surface area contributed by atoms with E-state index in [1.807, 2.05) is 63.2 Å². The fourth-order valence-electron chi connectivity index (χ4n) is 2.89. The molecule has 2 aromatic carbocycles. The minimum Gasteiger partial charge on any atom is -0.477 e. The zero-order valence-electron chi connectivity index (χ0n) is 15.0. The summed E-state index contributed by atoms with van der Waals surface area (Å²) in [4.78, 5) is 9.22. The standard InChI is InChI=1S/C21H19N3O2/c1-4-25-21-17(12-15-9-8-14(3)11-18(15)22-21)19-23-20(26-24-19)16-7-5-6-13(2)10-16/h5-12H,4H2,1-3H3. The van der Waals surface area contributed by atoms with E-state index < -0.39 is 0 Å². The number of fused-ring (bicyclic) bond motifs is 1. The molecule has 26 heavy (non-hydrogen) atoms. The van der Waals surface area contributed by atoms with Gasteiger partial charge in [0.05, 0.1) is 17.7 Å². The maximum absolute atomic E-state index is 5.74. The third kappa shape index (κ3) is 3.04. The molecule has 0 saturated carbocycles. The van der Waals surface area contributed by atoms with Crippen LogP contribution in [0.1, 0.15) is 18.1 Å². The van der Waals surface area contributed by atoms with Crippen LogP contribution in [-0.4, -0.2) is 21.7 Å². The van der Waals surface area contributed by atoms with Crippen molar-refractivity contribution in [2.24, 2.45) is 0 Å². The van der Waals surface area contributed by atoms with Crippen LogP contribution in [0.4, 0.5) is 0 Å². The fourth-order valence-corrected chi connectivity index (χ4v) is 2.89. The summed E-state index contributed by atoms with van der Waals surface area (Å²) in [5.74, 6) is 1.47. The molecule has 0 fully saturated rings. The Morgan fingerprint density at radius 3 is 2.62 bits per heavy atom. The Hall–Kier alpha value is -3.21. The van der Waals surface area contributed by atoms with E-state index in [2.05, 4.69) is 21.2 Å². The number of hydrogen-bond acceptors (Lipinski definition) is 5. The molecule has 0 N–H and O–H groups in total. The van der Waals surface area contributed by atoms with Gasteiger partial charge in [-0.2, -0.15) is 4.98 Å². The van der Waals surface area contributed by atoms with E-state index in [9.17, 15) is 0 Å². The minimum absolute atomic E-state index is 0.472. The minimum atomic E-state index is 0.472. The first-order valence-electron chi connectivity index (χ1n) is 8.59. The lowest BCUT2D eigenvalue weighted by atomic mass is 10.1. The molecule has 2 heterocycles. The van der Waals surface area contributed by atoms with Crippen LogP contribution in [0.2, 0.25) is 0 Å². The quantitative estimate of drug-likeness (QED) is 0.523. The number of aromatic nitrogens is 3. The summed E-state index contributed by atoms with van der Waals surface area (Å²) in [6.07, 6.45) is 0. The van der Waals surface area contributed by atoms with Crippen LogP contribution in [0.25, 0.3) is 33.7 Å². The summed E-state index contributed by atoms with van der Waals surface area (Å²) in [5.41, 5.74) is 4.80. The molecule has 0 amide bonds. The lowest BCUT2D eigenvalue weighted by Gasteiger charge is -2.08. The average molecular weight is 345 g/mol. The van der Waals surface area contributed by atoms with Crippen molar-refractivity contribution in [2.45, 2.75) is 20.8 Å². The summed E-state index contributed by atoms with van der Waals surface area (Å²) in [6.45, 7) is 6.52. The predicted octanol–water partition coefficient (Wildman–Crippen LogP) is 4.97. The molecule has 5 heteroatoms. The van der Waals surface area contributed by atoms with E-state index in [0.717, 1.165) is 33.2 Å². The smallest absolute Gasteiger partial charge is 0.258 e. The summed E-state index contributed by atoms with van der Waals surface area (Å²) in [6, 6.07) is 16.1. The molecule has 0 saturated heterocycles. The first-order valence-corrected chi connectivity index (χ1v) is 8.59. The molecule has 0 spiro atoms. The number of hydrogen-bond donors (Lipinski definition) is 0. The molecule has 0 aliphatic heterocycles. The SMILES string of the molecule is CCOc1nc2cc(C)ccc2cc1-c1noc(-c2cccc(C)c2)n1. The van der Waals surface area contributed by atoms with Crippen molar-refractivity contribution in [3.05, 3.63) is 59.7 Å². The van der Waals surface area contributed by atoms with Gasteiger partial charge in [0.15, 0.2) is 0 Å². The van der Waals surface area contributed by atoms with Crippen LogP contribution >= 0.6 is 0 Å². The second-order valence-corrected chi connectivity index (χ2v) is 6.26. The summed E-state index contributed by atoms with van der Waals surface area (Å²) >= 11 is 0. The Morgan fingerprint density at radius 2 is 1.81 bits per heavy atom. The second-order valence-electron chi connectivity index (χ2n) is 6.26. The van der Waals surface area contributed by atoms with Crippen molar-refractivity contribution in [3.63, 3.8) is 0 Å². The van der Waals surface area contributed by atoms with Gasteiger partial charge in [-0.05, 0) is 50.6 Å². The second kappa shape index (κ2) is 6.59. The summed E-state index contributed by atoms with van der Waals surface area (Å²) in [7, 11) is 0. The van der Waals surface area contributed by atoms with Gasteiger partial charge < -0.3 is 9.26 Å². The summed E-state index contributed by atoms with van der Waals surface area (Å²) < 4.78 is 11.2. The number of benzene rings is 2. The molecule has 2 aromatic heterocycles. The van der Waals surface area contributed by atoms with Crippen LogP contribution in [0.15, 0.2) is 53.1 Å². The molecule has 4 aromatic rings. The molecule has 0 atom stereocenters. The molecule has 0 unspecified atom stereocenters. The van der Waals surface area contributed by atoms with Gasteiger partial charge in [0.1, 0.15) is 0 Å². The third-order valence-corrected chi connectivity index (χ3v) is 4.15. The summed E-state index contributed by atoms with van der Waals surface area (Å²) in [5, 5.41) is 5.16. The van der Waals surface area contributed by atoms with Gasteiger partial charge in [-0.3, -0.25) is 0 Å². The van der Waals surface area contributed by atoms with Gasteiger partial charge in [0.2, 0.25) is 11.7 Å². The number of ether oxygens (including phenoxy) is 1. The Balaban J connectivity index is 1.83. The van der Waals surface area contributed by atoms with Crippen molar-refractivity contribution < 1.29 is 9.26 Å². The van der Waals surface area contributed by atoms with Crippen LogP contribution in [-0.2, 0) is 0 Å². The van der Waals surface area contributed by atoms with Crippen molar-refractivity contribution >= 4 is 10.9 Å². The van der Waals surface area contributed by atoms with E-state index in [1.165, 1.54) is 0 Å². The first kappa shape index (κ1) is 16.3. The van der Waals surface area contributed by atoms with Gasteiger partial charge in [-0.25, -0.2) is 4.98 Å². The number of pyridine rings is 1. The van der Waals surface area contributed by atoms with Crippen molar-refractivity contribution in [3.8, 4) is 28.7 Å². The van der Waals surface area contributed by atoms with Gasteiger partial charge in [-0.1, -0.05) is 35.0 Å². The highest BCUT2D eigenvalue weighted by atomic mass is 16.5. The van der Waals surface area contributed by atoms with E-state index in [4.69, 9.17) is 9.26 Å². The van der Waals surface area contributed by atoms with E-state index >= 15 is 0 Å². The van der Waals surface area contributed by atoms with Gasteiger partial charge in [-0.15, -0.1) is 0 Å². The molecular weight excluding hydrogens is 326 g/mol. The number of nitrogens with zero attached hydrogens (tertiary/aromatic N) is 3. The highest BCUT2D eigenvalue weighted by molar-refractivity contribution is 5.85. The van der Waals surface area contributed by atoms with E-state index in [1.54, 1.807) is 0 Å². The Morgan fingerprint density at radius 1 is 0.962 bits per heavy atom. The molecule has 0 aliphatic carbocycles. The zero-order chi connectivity index (χ0) is 18.1. The maximum Gasteiger partial charge on any atom is 0.258 e. The zero-order valence-corrected chi connectivity index (χ0v) is 15.0. The van der Waals surface area contributed by atoms with Crippen molar-refractivity contribution in [1.82, 2.24) is 15.1 Å². The van der Waals surface area contributed by atoms with E-state index in [0.29, 0.717) is 24.2 Å². The van der Waals surface area contributed by atoms with Crippen LogP contribution in [0.3, 0.4) is 0 Å².